The standard InChI is InChI=1S/C20H12F3N3O3S/c1-19(11-28-14-6-3-12(10-24)4-7-14)17(27)26(18(30)29-19)13-5-8-16(25-2)15(9-13)20(21,22)23/h3-9H,11H2,1H3. The van der Waals surface area contributed by atoms with Crippen LogP contribution in [0.3, 0.4) is 0 Å². The van der Waals surface area contributed by atoms with E-state index in [1.165, 1.54) is 37.3 Å². The lowest BCUT2D eigenvalue weighted by Gasteiger charge is -2.21. The van der Waals surface area contributed by atoms with Crippen molar-refractivity contribution in [3.05, 3.63) is 65.0 Å². The maximum Gasteiger partial charge on any atom is 0.407 e. The highest BCUT2D eigenvalue weighted by molar-refractivity contribution is 7.80. The number of nitrogens with zero attached hydrogens (tertiary/aromatic N) is 3. The Balaban J connectivity index is 1.85. The average Bonchev–Trinajstić information content (AvgIpc) is 2.94. The number of thiocarbonyl (C=S) groups is 1. The first kappa shape index (κ1) is 21.1. The molecule has 0 aromatic heterocycles. The van der Waals surface area contributed by atoms with Crippen molar-refractivity contribution >= 4 is 34.7 Å². The van der Waals surface area contributed by atoms with Gasteiger partial charge in [-0.2, -0.15) is 18.4 Å². The van der Waals surface area contributed by atoms with E-state index < -0.39 is 28.9 Å². The molecule has 2 aromatic carbocycles. The second-order valence-electron chi connectivity index (χ2n) is 6.48. The number of rotatable bonds is 4. The van der Waals surface area contributed by atoms with Gasteiger partial charge in [0.2, 0.25) is 5.60 Å². The van der Waals surface area contributed by atoms with Gasteiger partial charge in [0.15, 0.2) is 5.69 Å². The molecule has 1 aliphatic heterocycles. The Morgan fingerprint density at radius 3 is 2.53 bits per heavy atom. The van der Waals surface area contributed by atoms with Crippen molar-refractivity contribution in [3.63, 3.8) is 0 Å². The Morgan fingerprint density at radius 1 is 1.30 bits per heavy atom. The highest BCUT2D eigenvalue weighted by atomic mass is 32.1. The highest BCUT2D eigenvalue weighted by Crippen LogP contribution is 2.40. The number of alkyl halides is 3. The summed E-state index contributed by atoms with van der Waals surface area (Å²) in [5, 5.41) is 8.49. The van der Waals surface area contributed by atoms with Crippen LogP contribution in [0.25, 0.3) is 4.85 Å². The lowest BCUT2D eigenvalue weighted by Crippen LogP contribution is -2.43. The van der Waals surface area contributed by atoms with Crippen LogP contribution >= 0.6 is 12.2 Å². The molecule has 152 valence electrons. The van der Waals surface area contributed by atoms with E-state index in [4.69, 9.17) is 33.5 Å². The van der Waals surface area contributed by atoms with Gasteiger partial charge in [0.1, 0.15) is 12.4 Å². The predicted molar refractivity (Wildman–Crippen MR) is 104 cm³/mol. The molecule has 0 spiro atoms. The number of benzene rings is 2. The molecule has 10 heteroatoms. The van der Waals surface area contributed by atoms with E-state index in [-0.39, 0.29) is 17.5 Å². The molecule has 1 amide bonds. The summed E-state index contributed by atoms with van der Waals surface area (Å²) in [6.45, 7) is 8.05. The van der Waals surface area contributed by atoms with Crippen LogP contribution in [0.2, 0.25) is 0 Å². The SMILES string of the molecule is [C-]#[N+]c1ccc(N2C(=O)C(C)(COc3ccc(C#N)cc3)OC2=S)cc1C(F)(F)F. The Bertz CT molecular complexity index is 1100. The van der Waals surface area contributed by atoms with Crippen LogP contribution in [0.1, 0.15) is 18.1 Å². The predicted octanol–water partition coefficient (Wildman–Crippen LogP) is 4.61. The third kappa shape index (κ3) is 3.91. The van der Waals surface area contributed by atoms with Crippen molar-refractivity contribution in [2.45, 2.75) is 18.7 Å². The summed E-state index contributed by atoms with van der Waals surface area (Å²) in [4.78, 5) is 16.6. The molecule has 2 aromatic rings. The lowest BCUT2D eigenvalue weighted by molar-refractivity contribution is -0.137. The van der Waals surface area contributed by atoms with Gasteiger partial charge in [-0.25, -0.2) is 9.74 Å². The van der Waals surface area contributed by atoms with Gasteiger partial charge in [-0.3, -0.25) is 4.79 Å². The fourth-order valence-electron chi connectivity index (χ4n) is 2.75. The third-order valence-electron chi connectivity index (χ3n) is 4.31. The number of carbonyl (C=O) groups excluding carboxylic acids is 1. The van der Waals surface area contributed by atoms with Crippen LogP contribution < -0.4 is 9.64 Å². The number of hydrogen-bond acceptors (Lipinski definition) is 5. The number of ether oxygens (including phenoxy) is 2. The second kappa shape index (κ2) is 7.65. The number of anilines is 1. The molecule has 0 radical (unpaired) electrons. The van der Waals surface area contributed by atoms with Crippen LogP contribution in [-0.4, -0.2) is 23.3 Å². The Morgan fingerprint density at radius 2 is 1.97 bits per heavy atom. The lowest BCUT2D eigenvalue weighted by atomic mass is 10.1. The number of carbonyl (C=O) groups is 1. The number of amides is 1. The fraction of sp³-hybridized carbons (Fsp3) is 0.200. The zero-order chi connectivity index (χ0) is 22.1. The molecule has 1 atom stereocenters. The zero-order valence-corrected chi connectivity index (χ0v) is 16.2. The van der Waals surface area contributed by atoms with Crippen LogP contribution in [0.15, 0.2) is 42.5 Å². The van der Waals surface area contributed by atoms with Crippen molar-refractivity contribution in [2.24, 2.45) is 0 Å². The highest BCUT2D eigenvalue weighted by Gasteiger charge is 2.50. The van der Waals surface area contributed by atoms with Crippen molar-refractivity contribution in [1.82, 2.24) is 0 Å². The first-order valence-electron chi connectivity index (χ1n) is 8.38. The van der Waals surface area contributed by atoms with E-state index in [9.17, 15) is 18.0 Å². The third-order valence-corrected chi connectivity index (χ3v) is 4.58. The fourth-order valence-corrected chi connectivity index (χ4v) is 3.12. The largest absolute Gasteiger partial charge is 0.489 e. The van der Waals surface area contributed by atoms with E-state index in [2.05, 4.69) is 4.85 Å². The van der Waals surface area contributed by atoms with E-state index in [0.29, 0.717) is 17.4 Å². The molecule has 1 unspecified atom stereocenters. The second-order valence-corrected chi connectivity index (χ2v) is 6.82. The van der Waals surface area contributed by atoms with Gasteiger partial charge in [-0.05, 0) is 55.5 Å². The minimum atomic E-state index is -4.77. The van der Waals surface area contributed by atoms with Crippen molar-refractivity contribution in [3.8, 4) is 11.8 Å². The molecule has 3 rings (SSSR count). The van der Waals surface area contributed by atoms with Crippen LogP contribution in [-0.2, 0) is 15.7 Å². The summed E-state index contributed by atoms with van der Waals surface area (Å²) in [5.74, 6) is -0.332. The van der Waals surface area contributed by atoms with Gasteiger partial charge >= 0.3 is 6.18 Å². The Hall–Kier alpha value is -3.63. The van der Waals surface area contributed by atoms with E-state index in [1.807, 2.05) is 6.07 Å². The monoisotopic (exact) mass is 431 g/mol. The molecule has 30 heavy (non-hydrogen) atoms. The summed E-state index contributed by atoms with van der Waals surface area (Å²) < 4.78 is 50.8. The average molecular weight is 431 g/mol. The maximum absolute atomic E-state index is 13.3. The molecule has 1 saturated heterocycles. The van der Waals surface area contributed by atoms with Crippen LogP contribution in [0.5, 0.6) is 5.75 Å². The summed E-state index contributed by atoms with van der Waals surface area (Å²) in [6, 6.07) is 11.0. The quantitative estimate of drug-likeness (QED) is 0.522. The maximum atomic E-state index is 13.3. The molecule has 0 saturated carbocycles. The molecule has 6 nitrogen and oxygen atoms in total. The van der Waals surface area contributed by atoms with Crippen molar-refractivity contribution in [1.29, 1.82) is 5.26 Å². The summed E-state index contributed by atoms with van der Waals surface area (Å²) in [6.07, 6.45) is -4.77. The van der Waals surface area contributed by atoms with Gasteiger partial charge in [-0.15, -0.1) is 0 Å². The summed E-state index contributed by atoms with van der Waals surface area (Å²) >= 11 is 5.06. The number of nitriles is 1. The van der Waals surface area contributed by atoms with E-state index in [0.717, 1.165) is 11.0 Å². The van der Waals surface area contributed by atoms with Gasteiger partial charge in [0.05, 0.1) is 29.5 Å². The molecular weight excluding hydrogens is 419 g/mol. The van der Waals surface area contributed by atoms with Gasteiger partial charge in [0, 0.05) is 0 Å². The minimum absolute atomic E-state index is 0.160. The first-order chi connectivity index (χ1) is 14.1. The number of hydrogen-bond donors (Lipinski definition) is 0. The molecular formula is C20H12F3N3O3S. The Labute approximate surface area is 174 Å². The van der Waals surface area contributed by atoms with E-state index in [1.54, 1.807) is 0 Å². The summed E-state index contributed by atoms with van der Waals surface area (Å²) in [7, 11) is 0. The van der Waals surface area contributed by atoms with Crippen LogP contribution in [0, 0.1) is 17.9 Å². The molecule has 0 N–H and O–H groups in total. The topological polar surface area (TPSA) is 66.9 Å². The molecule has 0 bridgehead atoms. The first-order valence-corrected chi connectivity index (χ1v) is 8.79. The van der Waals surface area contributed by atoms with Gasteiger partial charge in [0.25, 0.3) is 11.1 Å². The molecule has 1 aliphatic rings. The summed E-state index contributed by atoms with van der Waals surface area (Å²) in [5.41, 5.74) is -3.06. The zero-order valence-electron chi connectivity index (χ0n) is 15.4. The van der Waals surface area contributed by atoms with Crippen molar-refractivity contribution in [2.75, 3.05) is 11.5 Å². The molecule has 1 heterocycles. The smallest absolute Gasteiger partial charge is 0.407 e. The van der Waals surface area contributed by atoms with Crippen LogP contribution in [0.4, 0.5) is 24.5 Å². The van der Waals surface area contributed by atoms with E-state index >= 15 is 0 Å². The van der Waals surface area contributed by atoms with Gasteiger partial charge < -0.3 is 9.47 Å². The minimum Gasteiger partial charge on any atom is -0.489 e. The number of halogens is 3. The van der Waals surface area contributed by atoms with Gasteiger partial charge in [-0.1, -0.05) is 6.07 Å². The molecule has 1 fully saturated rings. The molecule has 0 aliphatic carbocycles. The van der Waals surface area contributed by atoms with Crippen molar-refractivity contribution < 1.29 is 27.4 Å². The Kier molecular flexibility index (Phi) is 5.38. The normalized spacial score (nSPS) is 18.5.